The highest BCUT2D eigenvalue weighted by Crippen LogP contribution is 2.15. The topological polar surface area (TPSA) is 99.8 Å². The van der Waals surface area contributed by atoms with Crippen molar-refractivity contribution >= 4 is 33.7 Å². The third-order valence-corrected chi connectivity index (χ3v) is 3.45. The lowest BCUT2D eigenvalue weighted by Crippen LogP contribution is -2.48. The second kappa shape index (κ2) is 11.4. The highest BCUT2D eigenvalue weighted by molar-refractivity contribution is 9.10. The van der Waals surface area contributed by atoms with Crippen LogP contribution in [-0.2, 0) is 14.4 Å². The van der Waals surface area contributed by atoms with Crippen LogP contribution in [-0.4, -0.2) is 55.9 Å². The van der Waals surface area contributed by atoms with Gasteiger partial charge in [-0.25, -0.2) is 0 Å². The molecule has 0 heterocycles. The molecule has 0 atom stereocenters. The quantitative estimate of drug-likeness (QED) is 0.508. The molecule has 0 aromatic heterocycles. The Morgan fingerprint density at radius 2 is 1.64 bits per heavy atom. The van der Waals surface area contributed by atoms with E-state index < -0.39 is 11.8 Å². The molecule has 8 nitrogen and oxygen atoms in total. The SMILES string of the molecule is CCCNC(=O)CN(C)CC(=O)NNC(=O)COc1ccc(Br)cc1. The molecule has 1 aromatic rings. The minimum atomic E-state index is -0.486. The van der Waals surface area contributed by atoms with Crippen molar-refractivity contribution in [3.05, 3.63) is 28.7 Å². The predicted molar refractivity (Wildman–Crippen MR) is 96.7 cm³/mol. The van der Waals surface area contributed by atoms with Gasteiger partial charge in [0, 0.05) is 11.0 Å². The van der Waals surface area contributed by atoms with Gasteiger partial charge in [0.2, 0.25) is 5.91 Å². The number of hydrogen-bond acceptors (Lipinski definition) is 5. The third-order valence-electron chi connectivity index (χ3n) is 2.92. The maximum atomic E-state index is 11.7. The van der Waals surface area contributed by atoms with Crippen LogP contribution < -0.4 is 20.9 Å². The van der Waals surface area contributed by atoms with Gasteiger partial charge in [0.1, 0.15) is 5.75 Å². The summed E-state index contributed by atoms with van der Waals surface area (Å²) in [6.45, 7) is 2.42. The van der Waals surface area contributed by atoms with E-state index in [1.807, 2.05) is 6.92 Å². The van der Waals surface area contributed by atoms with E-state index in [4.69, 9.17) is 4.74 Å². The number of halogens is 1. The van der Waals surface area contributed by atoms with E-state index in [1.54, 1.807) is 36.2 Å². The van der Waals surface area contributed by atoms with Crippen LogP contribution in [0.4, 0.5) is 0 Å². The van der Waals surface area contributed by atoms with E-state index in [1.165, 1.54) is 0 Å². The van der Waals surface area contributed by atoms with Gasteiger partial charge in [-0.1, -0.05) is 22.9 Å². The summed E-state index contributed by atoms with van der Waals surface area (Å²) in [6.07, 6.45) is 0.851. The van der Waals surface area contributed by atoms with Crippen LogP contribution in [0.3, 0.4) is 0 Å². The monoisotopic (exact) mass is 414 g/mol. The van der Waals surface area contributed by atoms with Gasteiger partial charge in [0.15, 0.2) is 6.61 Å². The summed E-state index contributed by atoms with van der Waals surface area (Å²) >= 11 is 3.30. The van der Waals surface area contributed by atoms with Crippen LogP contribution in [0.15, 0.2) is 28.7 Å². The minimum absolute atomic E-state index is 0.0204. The zero-order chi connectivity index (χ0) is 18.7. The standard InChI is InChI=1S/C16H23BrN4O4/c1-3-8-18-14(22)9-21(2)10-15(23)19-20-16(24)11-25-13-6-4-12(17)5-7-13/h4-7H,3,8-11H2,1-2H3,(H,18,22)(H,19,23)(H,20,24). The number of amides is 3. The van der Waals surface area contributed by atoms with Crippen LogP contribution in [0.25, 0.3) is 0 Å². The molecule has 138 valence electrons. The highest BCUT2D eigenvalue weighted by atomic mass is 79.9. The van der Waals surface area contributed by atoms with E-state index in [2.05, 4.69) is 32.1 Å². The predicted octanol–water partition coefficient (Wildman–Crippen LogP) is 0.433. The summed E-state index contributed by atoms with van der Waals surface area (Å²) in [7, 11) is 1.64. The maximum absolute atomic E-state index is 11.7. The number of hydrazine groups is 1. The molecule has 0 aliphatic heterocycles. The molecule has 3 N–H and O–H groups in total. The summed E-state index contributed by atoms with van der Waals surface area (Å²) in [5.41, 5.74) is 4.53. The van der Waals surface area contributed by atoms with Crippen molar-refractivity contribution in [2.24, 2.45) is 0 Å². The van der Waals surface area contributed by atoms with Gasteiger partial charge >= 0.3 is 0 Å². The number of carbonyl (C=O) groups is 3. The fourth-order valence-corrected chi connectivity index (χ4v) is 2.03. The minimum Gasteiger partial charge on any atom is -0.484 e. The van der Waals surface area contributed by atoms with Gasteiger partial charge in [-0.2, -0.15) is 0 Å². The Morgan fingerprint density at radius 1 is 1.04 bits per heavy atom. The number of nitrogens with one attached hydrogen (secondary N) is 3. The summed E-state index contributed by atoms with van der Waals surface area (Å²) in [4.78, 5) is 36.4. The molecule has 1 rings (SSSR count). The van der Waals surface area contributed by atoms with Crippen molar-refractivity contribution in [3.8, 4) is 5.75 Å². The second-order valence-corrected chi connectivity index (χ2v) is 6.28. The van der Waals surface area contributed by atoms with E-state index >= 15 is 0 Å². The summed E-state index contributed by atoms with van der Waals surface area (Å²) < 4.78 is 6.19. The zero-order valence-electron chi connectivity index (χ0n) is 14.3. The number of carbonyl (C=O) groups excluding carboxylic acids is 3. The molecule has 0 bridgehead atoms. The fourth-order valence-electron chi connectivity index (χ4n) is 1.76. The summed E-state index contributed by atoms with van der Waals surface area (Å²) in [5, 5.41) is 2.72. The molecule has 0 aliphatic rings. The average Bonchev–Trinajstić information content (AvgIpc) is 2.57. The molecular formula is C16H23BrN4O4. The average molecular weight is 415 g/mol. The van der Waals surface area contributed by atoms with Crippen LogP contribution in [0.1, 0.15) is 13.3 Å². The van der Waals surface area contributed by atoms with Gasteiger partial charge in [0.25, 0.3) is 11.8 Å². The molecule has 0 saturated carbocycles. The largest absolute Gasteiger partial charge is 0.484 e. The number of benzene rings is 1. The van der Waals surface area contributed by atoms with Gasteiger partial charge < -0.3 is 10.1 Å². The third kappa shape index (κ3) is 9.68. The molecule has 3 amide bonds. The van der Waals surface area contributed by atoms with E-state index in [0.717, 1.165) is 10.9 Å². The first-order valence-electron chi connectivity index (χ1n) is 7.82. The smallest absolute Gasteiger partial charge is 0.276 e. The van der Waals surface area contributed by atoms with Crippen molar-refractivity contribution in [2.75, 3.05) is 33.3 Å². The fraction of sp³-hybridized carbons (Fsp3) is 0.438. The van der Waals surface area contributed by atoms with E-state index in [0.29, 0.717) is 12.3 Å². The Bertz CT molecular complexity index is 580. The second-order valence-electron chi connectivity index (χ2n) is 5.36. The van der Waals surface area contributed by atoms with Crippen LogP contribution in [0.2, 0.25) is 0 Å². The molecule has 0 radical (unpaired) electrons. The van der Waals surface area contributed by atoms with Crippen LogP contribution in [0.5, 0.6) is 5.75 Å². The molecule has 0 aliphatic carbocycles. The lowest BCUT2D eigenvalue weighted by molar-refractivity contribution is -0.131. The number of hydrogen-bond donors (Lipinski definition) is 3. The first kappa shape index (κ1) is 20.9. The molecule has 0 fully saturated rings. The number of rotatable bonds is 9. The van der Waals surface area contributed by atoms with E-state index in [9.17, 15) is 14.4 Å². The molecule has 0 unspecified atom stereocenters. The lowest BCUT2D eigenvalue weighted by atomic mass is 10.3. The maximum Gasteiger partial charge on any atom is 0.276 e. The Kier molecular flexibility index (Phi) is 9.56. The summed E-state index contributed by atoms with van der Waals surface area (Å²) in [6, 6.07) is 7.02. The van der Waals surface area contributed by atoms with Crippen LogP contribution in [0, 0.1) is 0 Å². The first-order valence-corrected chi connectivity index (χ1v) is 8.61. The number of likely N-dealkylation sites (N-methyl/N-ethyl adjacent to an activating group) is 1. The zero-order valence-corrected chi connectivity index (χ0v) is 15.9. The Morgan fingerprint density at radius 3 is 2.28 bits per heavy atom. The Hall–Kier alpha value is -2.13. The lowest BCUT2D eigenvalue weighted by Gasteiger charge is -2.16. The Balaban J connectivity index is 2.20. The van der Waals surface area contributed by atoms with Gasteiger partial charge in [-0.3, -0.25) is 30.1 Å². The van der Waals surface area contributed by atoms with Gasteiger partial charge in [0.05, 0.1) is 13.1 Å². The van der Waals surface area contributed by atoms with Crippen molar-refractivity contribution in [1.82, 2.24) is 21.1 Å². The highest BCUT2D eigenvalue weighted by Gasteiger charge is 2.11. The van der Waals surface area contributed by atoms with Gasteiger partial charge in [-0.15, -0.1) is 0 Å². The Labute approximate surface area is 155 Å². The van der Waals surface area contributed by atoms with Crippen molar-refractivity contribution in [2.45, 2.75) is 13.3 Å². The molecular weight excluding hydrogens is 392 g/mol. The molecule has 0 spiro atoms. The van der Waals surface area contributed by atoms with E-state index in [-0.39, 0.29) is 25.6 Å². The van der Waals surface area contributed by atoms with Crippen molar-refractivity contribution in [3.63, 3.8) is 0 Å². The van der Waals surface area contributed by atoms with Crippen LogP contribution >= 0.6 is 15.9 Å². The molecule has 25 heavy (non-hydrogen) atoms. The first-order chi connectivity index (χ1) is 11.9. The molecule has 1 aromatic carbocycles. The summed E-state index contributed by atoms with van der Waals surface area (Å²) in [5.74, 6) is -0.519. The van der Waals surface area contributed by atoms with Crippen molar-refractivity contribution in [1.29, 1.82) is 0 Å². The molecule has 9 heteroatoms. The molecule has 0 saturated heterocycles. The van der Waals surface area contributed by atoms with Gasteiger partial charge in [-0.05, 0) is 37.7 Å². The normalized spacial score (nSPS) is 10.2. The number of ether oxygens (including phenoxy) is 1. The number of nitrogens with zero attached hydrogens (tertiary/aromatic N) is 1. The van der Waals surface area contributed by atoms with Crippen molar-refractivity contribution < 1.29 is 19.1 Å².